The highest BCUT2D eigenvalue weighted by Gasteiger charge is 2.40. The lowest BCUT2D eigenvalue weighted by Gasteiger charge is -2.31. The Bertz CT molecular complexity index is 1190. The second kappa shape index (κ2) is 10.2. The smallest absolute Gasteiger partial charge is 0.247 e. The molecule has 0 bridgehead atoms. The van der Waals surface area contributed by atoms with Crippen LogP contribution in [0.3, 0.4) is 0 Å². The first-order valence-electron chi connectivity index (χ1n) is 11.1. The van der Waals surface area contributed by atoms with Crippen molar-refractivity contribution in [3.8, 4) is 0 Å². The summed E-state index contributed by atoms with van der Waals surface area (Å²) in [4.78, 5) is 28.8. The molecule has 1 N–H and O–H groups in total. The summed E-state index contributed by atoms with van der Waals surface area (Å²) in [6.07, 6.45) is 0.702. The molecule has 2 amide bonds. The molecule has 1 aliphatic heterocycles. The molecular formula is C25H28ClN3O3S. The number of para-hydroxylation sites is 1. The van der Waals surface area contributed by atoms with Gasteiger partial charge in [0.1, 0.15) is 6.04 Å². The number of nitrogens with zero attached hydrogens (tertiary/aromatic N) is 2. The van der Waals surface area contributed by atoms with Crippen LogP contribution in [0, 0.1) is 6.92 Å². The molecule has 4 rings (SSSR count). The lowest BCUT2D eigenvalue weighted by atomic mass is 10.0. The van der Waals surface area contributed by atoms with Crippen LogP contribution in [-0.2, 0) is 21.4 Å². The Morgan fingerprint density at radius 3 is 2.82 bits per heavy atom. The van der Waals surface area contributed by atoms with Crippen LogP contribution in [0.15, 0.2) is 47.5 Å². The number of anilines is 1. The largest absolute Gasteiger partial charge is 0.382 e. The first kappa shape index (κ1) is 23.7. The number of aryl methyl sites for hydroxylation is 1. The van der Waals surface area contributed by atoms with Gasteiger partial charge in [-0.25, -0.2) is 0 Å². The van der Waals surface area contributed by atoms with Crippen molar-refractivity contribution in [1.29, 1.82) is 0 Å². The van der Waals surface area contributed by atoms with E-state index < -0.39 is 6.04 Å². The Hall–Kier alpha value is -2.48. The number of thioether (sulfide) groups is 1. The minimum atomic E-state index is -0.808. The number of benzene rings is 2. The van der Waals surface area contributed by atoms with Gasteiger partial charge >= 0.3 is 0 Å². The molecule has 0 unspecified atom stereocenters. The van der Waals surface area contributed by atoms with Crippen LogP contribution >= 0.6 is 23.4 Å². The van der Waals surface area contributed by atoms with Crippen molar-refractivity contribution in [3.05, 3.63) is 58.6 Å². The lowest BCUT2D eigenvalue weighted by Crippen LogP contribution is -2.44. The molecule has 1 aliphatic rings. The van der Waals surface area contributed by atoms with E-state index in [0.717, 1.165) is 27.1 Å². The maximum absolute atomic E-state index is 13.7. The maximum atomic E-state index is 13.7. The molecule has 1 aromatic heterocycles. The summed E-state index contributed by atoms with van der Waals surface area (Å²) in [7, 11) is 1.98. The van der Waals surface area contributed by atoms with Gasteiger partial charge in [0.25, 0.3) is 0 Å². The molecule has 33 heavy (non-hydrogen) atoms. The predicted molar refractivity (Wildman–Crippen MR) is 134 cm³/mol. The second-order valence-electron chi connectivity index (χ2n) is 7.98. The number of fused-ring (bicyclic) bond motifs is 3. The number of carbonyl (C=O) groups is 2. The quantitative estimate of drug-likeness (QED) is 0.485. The lowest BCUT2D eigenvalue weighted by molar-refractivity contribution is -0.125. The fourth-order valence-electron chi connectivity index (χ4n) is 4.32. The summed E-state index contributed by atoms with van der Waals surface area (Å²) in [6, 6.07) is 12.7. The predicted octanol–water partition coefficient (Wildman–Crippen LogP) is 4.86. The van der Waals surface area contributed by atoms with Gasteiger partial charge in [0, 0.05) is 54.0 Å². The van der Waals surface area contributed by atoms with Crippen LogP contribution in [0.4, 0.5) is 5.69 Å². The SMILES string of the molecule is CCOCCCNC(=O)[C@@H]1c2c(n(C)c3ccccc23)SCC(=O)N1c1cccc(Cl)c1C. The molecule has 0 radical (unpaired) electrons. The number of halogens is 1. The van der Waals surface area contributed by atoms with Gasteiger partial charge in [-0.2, -0.15) is 0 Å². The Kier molecular flexibility index (Phi) is 7.32. The number of carbonyl (C=O) groups excluding carboxylic acids is 2. The Morgan fingerprint density at radius 2 is 2.03 bits per heavy atom. The molecular weight excluding hydrogens is 458 g/mol. The summed E-state index contributed by atoms with van der Waals surface area (Å²) in [5.41, 5.74) is 3.31. The van der Waals surface area contributed by atoms with Gasteiger partial charge in [-0.1, -0.05) is 47.6 Å². The number of aromatic nitrogens is 1. The van der Waals surface area contributed by atoms with Crippen LogP contribution in [0.25, 0.3) is 10.9 Å². The minimum Gasteiger partial charge on any atom is -0.382 e. The third-order valence-corrected chi connectivity index (χ3v) is 7.51. The second-order valence-corrected chi connectivity index (χ2v) is 9.35. The molecule has 6 nitrogen and oxygen atoms in total. The molecule has 174 valence electrons. The van der Waals surface area contributed by atoms with Crippen molar-refractivity contribution in [2.75, 3.05) is 30.4 Å². The zero-order chi connectivity index (χ0) is 23.5. The Balaban J connectivity index is 1.85. The normalized spacial score (nSPS) is 16.1. The van der Waals surface area contributed by atoms with Crippen LogP contribution < -0.4 is 10.2 Å². The number of rotatable bonds is 7. The van der Waals surface area contributed by atoms with E-state index in [1.165, 1.54) is 11.8 Å². The van der Waals surface area contributed by atoms with Crippen LogP contribution in [0.5, 0.6) is 0 Å². The molecule has 0 saturated heterocycles. The molecule has 1 atom stereocenters. The van der Waals surface area contributed by atoms with Gasteiger partial charge in [-0.15, -0.1) is 0 Å². The molecule has 0 saturated carbocycles. The average molecular weight is 486 g/mol. The first-order valence-corrected chi connectivity index (χ1v) is 12.4. The molecule has 2 aromatic carbocycles. The number of ether oxygens (including phenoxy) is 1. The van der Waals surface area contributed by atoms with E-state index in [1.807, 2.05) is 57.3 Å². The van der Waals surface area contributed by atoms with E-state index >= 15 is 0 Å². The molecule has 3 aromatic rings. The van der Waals surface area contributed by atoms with Crippen molar-refractivity contribution >= 4 is 51.8 Å². The summed E-state index contributed by atoms with van der Waals surface area (Å²) < 4.78 is 7.47. The van der Waals surface area contributed by atoms with E-state index in [0.29, 0.717) is 36.9 Å². The summed E-state index contributed by atoms with van der Waals surface area (Å²) in [6.45, 7) is 5.51. The molecule has 0 spiro atoms. The van der Waals surface area contributed by atoms with Crippen LogP contribution in [0.2, 0.25) is 5.02 Å². The number of hydrogen-bond donors (Lipinski definition) is 1. The molecule has 0 aliphatic carbocycles. The maximum Gasteiger partial charge on any atom is 0.247 e. The molecule has 8 heteroatoms. The summed E-state index contributed by atoms with van der Waals surface area (Å²) in [5, 5.41) is 5.51. The van der Waals surface area contributed by atoms with E-state index in [9.17, 15) is 9.59 Å². The Morgan fingerprint density at radius 1 is 1.24 bits per heavy atom. The van der Waals surface area contributed by atoms with Gasteiger partial charge < -0.3 is 14.6 Å². The zero-order valence-electron chi connectivity index (χ0n) is 19.1. The average Bonchev–Trinajstić information content (AvgIpc) is 2.99. The fourth-order valence-corrected chi connectivity index (χ4v) is 5.55. The summed E-state index contributed by atoms with van der Waals surface area (Å²) >= 11 is 7.89. The highest BCUT2D eigenvalue weighted by Crippen LogP contribution is 2.44. The van der Waals surface area contributed by atoms with Gasteiger partial charge in [-0.3, -0.25) is 14.5 Å². The number of amides is 2. The highest BCUT2D eigenvalue weighted by atomic mass is 35.5. The van der Waals surface area contributed by atoms with Crippen LogP contribution in [0.1, 0.15) is 30.5 Å². The van der Waals surface area contributed by atoms with Gasteiger partial charge in [0.05, 0.1) is 10.8 Å². The molecule has 0 fully saturated rings. The van der Waals surface area contributed by atoms with Gasteiger partial charge in [0.2, 0.25) is 11.8 Å². The van der Waals surface area contributed by atoms with E-state index in [4.69, 9.17) is 16.3 Å². The minimum absolute atomic E-state index is 0.125. The van der Waals surface area contributed by atoms with Crippen molar-refractivity contribution < 1.29 is 14.3 Å². The third kappa shape index (κ3) is 4.50. The molecule has 2 heterocycles. The fraction of sp³-hybridized carbons (Fsp3) is 0.360. The zero-order valence-corrected chi connectivity index (χ0v) is 20.6. The van der Waals surface area contributed by atoms with Crippen molar-refractivity contribution in [2.45, 2.75) is 31.3 Å². The van der Waals surface area contributed by atoms with Crippen molar-refractivity contribution in [2.24, 2.45) is 7.05 Å². The standard InChI is InChI=1S/C25H28ClN3O3S/c1-4-32-14-8-13-27-24(31)23-22-17-9-5-6-11-20(17)28(3)25(22)33-15-21(30)29(23)19-12-7-10-18(26)16(19)2/h5-7,9-12,23H,4,8,13-15H2,1-3H3,(H,27,31)/t23-/m0/s1. The Labute approximate surface area is 203 Å². The van der Waals surface area contributed by atoms with Crippen molar-refractivity contribution in [3.63, 3.8) is 0 Å². The van der Waals surface area contributed by atoms with E-state index in [-0.39, 0.29) is 17.6 Å². The van der Waals surface area contributed by atoms with E-state index in [2.05, 4.69) is 9.88 Å². The van der Waals surface area contributed by atoms with Gasteiger partial charge in [0.15, 0.2) is 0 Å². The third-order valence-electron chi connectivity index (χ3n) is 5.94. The number of nitrogens with one attached hydrogen (secondary N) is 1. The topological polar surface area (TPSA) is 63.6 Å². The van der Waals surface area contributed by atoms with Crippen LogP contribution in [-0.4, -0.2) is 41.9 Å². The summed E-state index contributed by atoms with van der Waals surface area (Å²) in [5.74, 6) is -0.100. The highest BCUT2D eigenvalue weighted by molar-refractivity contribution is 8.00. The number of hydrogen-bond acceptors (Lipinski definition) is 4. The van der Waals surface area contributed by atoms with Gasteiger partial charge in [-0.05, 0) is 44.0 Å². The van der Waals surface area contributed by atoms with E-state index in [1.54, 1.807) is 11.0 Å². The first-order chi connectivity index (χ1) is 16.0. The monoisotopic (exact) mass is 485 g/mol. The van der Waals surface area contributed by atoms with Crippen molar-refractivity contribution in [1.82, 2.24) is 9.88 Å².